The van der Waals surface area contributed by atoms with E-state index < -0.39 is 35.5 Å². The highest BCUT2D eigenvalue weighted by Gasteiger charge is 2.36. The summed E-state index contributed by atoms with van der Waals surface area (Å²) in [5.41, 5.74) is 0.794. The molecule has 9 heteroatoms. The predicted octanol–water partition coefficient (Wildman–Crippen LogP) is 4.16. The summed E-state index contributed by atoms with van der Waals surface area (Å²) in [5.74, 6) is -2.95. The number of nitrogens with one attached hydrogen (secondary N) is 2. The maximum atomic E-state index is 14.0. The minimum absolute atomic E-state index is 0.0211. The zero-order chi connectivity index (χ0) is 22.5. The second-order valence-electron chi connectivity index (χ2n) is 7.69. The zero-order valence-electron chi connectivity index (χ0n) is 17.2. The lowest BCUT2D eigenvalue weighted by Gasteiger charge is -2.17. The smallest absolute Gasteiger partial charge is 0.411 e. The topological polar surface area (TPSA) is 87.7 Å². The van der Waals surface area contributed by atoms with Crippen LogP contribution in [0.15, 0.2) is 42.5 Å². The molecule has 1 fully saturated rings. The molecule has 2 N–H and O–H groups in total. The molecule has 1 saturated heterocycles. The van der Waals surface area contributed by atoms with Gasteiger partial charge in [-0.3, -0.25) is 14.9 Å². The fourth-order valence-corrected chi connectivity index (χ4v) is 3.13. The molecule has 0 bridgehead atoms. The van der Waals surface area contributed by atoms with E-state index in [1.807, 2.05) is 13.8 Å². The molecule has 0 saturated carbocycles. The number of carbonyl (C=O) groups is 3. The molecular weight excluding hydrogens is 408 g/mol. The SMILES string of the molecule is CC(C)COC(=O)Nc1cccc(NC(=O)C2CC(=O)N(c3ccc(F)cc3F)C2)c1. The van der Waals surface area contributed by atoms with Crippen molar-refractivity contribution in [3.05, 3.63) is 54.1 Å². The first-order chi connectivity index (χ1) is 14.7. The third-order valence-electron chi connectivity index (χ3n) is 4.62. The minimum atomic E-state index is -0.863. The van der Waals surface area contributed by atoms with E-state index in [9.17, 15) is 23.2 Å². The lowest BCUT2D eigenvalue weighted by molar-refractivity contribution is -0.122. The summed E-state index contributed by atoms with van der Waals surface area (Å²) in [6, 6.07) is 9.42. The molecule has 1 heterocycles. The van der Waals surface area contributed by atoms with Gasteiger partial charge in [0.25, 0.3) is 0 Å². The molecule has 1 atom stereocenters. The number of benzene rings is 2. The van der Waals surface area contributed by atoms with Gasteiger partial charge in [0.05, 0.1) is 18.2 Å². The van der Waals surface area contributed by atoms with Gasteiger partial charge in [-0.15, -0.1) is 0 Å². The van der Waals surface area contributed by atoms with E-state index in [1.54, 1.807) is 24.3 Å². The number of ether oxygens (including phenoxy) is 1. The minimum Gasteiger partial charge on any atom is -0.449 e. The largest absolute Gasteiger partial charge is 0.449 e. The number of hydrogen-bond donors (Lipinski definition) is 2. The van der Waals surface area contributed by atoms with E-state index in [2.05, 4.69) is 10.6 Å². The van der Waals surface area contributed by atoms with Crippen molar-refractivity contribution in [1.29, 1.82) is 0 Å². The first-order valence-corrected chi connectivity index (χ1v) is 9.83. The number of rotatable bonds is 6. The van der Waals surface area contributed by atoms with Crippen molar-refractivity contribution in [2.24, 2.45) is 11.8 Å². The monoisotopic (exact) mass is 431 g/mol. The number of nitrogens with zero attached hydrogens (tertiary/aromatic N) is 1. The van der Waals surface area contributed by atoms with Crippen LogP contribution in [0.2, 0.25) is 0 Å². The molecular formula is C22H23F2N3O4. The highest BCUT2D eigenvalue weighted by molar-refractivity contribution is 6.03. The van der Waals surface area contributed by atoms with Crippen molar-refractivity contribution in [2.75, 3.05) is 28.7 Å². The van der Waals surface area contributed by atoms with Crippen LogP contribution in [0.1, 0.15) is 20.3 Å². The number of amides is 3. The Hall–Kier alpha value is -3.49. The van der Waals surface area contributed by atoms with Crippen LogP contribution in [0.3, 0.4) is 0 Å². The van der Waals surface area contributed by atoms with Gasteiger partial charge in [0.1, 0.15) is 11.6 Å². The number of carbonyl (C=O) groups excluding carboxylic acids is 3. The van der Waals surface area contributed by atoms with Crippen molar-refractivity contribution < 1.29 is 27.9 Å². The molecule has 0 spiro atoms. The predicted molar refractivity (Wildman–Crippen MR) is 112 cm³/mol. The molecule has 3 rings (SSSR count). The van der Waals surface area contributed by atoms with Crippen LogP contribution in [-0.2, 0) is 14.3 Å². The van der Waals surface area contributed by atoms with Crippen LogP contribution in [-0.4, -0.2) is 31.1 Å². The van der Waals surface area contributed by atoms with Crippen LogP contribution in [0.5, 0.6) is 0 Å². The molecule has 0 radical (unpaired) electrons. The van der Waals surface area contributed by atoms with Gasteiger partial charge in [0.15, 0.2) is 0 Å². The second kappa shape index (κ2) is 9.55. The number of halogens is 2. The maximum Gasteiger partial charge on any atom is 0.411 e. The quantitative estimate of drug-likeness (QED) is 0.719. The van der Waals surface area contributed by atoms with Crippen LogP contribution in [0.25, 0.3) is 0 Å². The lowest BCUT2D eigenvalue weighted by Crippen LogP contribution is -2.28. The van der Waals surface area contributed by atoms with Crippen molar-refractivity contribution in [1.82, 2.24) is 0 Å². The van der Waals surface area contributed by atoms with Crippen molar-refractivity contribution in [3.8, 4) is 0 Å². The summed E-state index contributed by atoms with van der Waals surface area (Å²) in [4.78, 5) is 37.9. The van der Waals surface area contributed by atoms with Crippen LogP contribution >= 0.6 is 0 Å². The summed E-state index contributed by atoms with van der Waals surface area (Å²) in [6.45, 7) is 4.10. The van der Waals surface area contributed by atoms with Crippen LogP contribution < -0.4 is 15.5 Å². The molecule has 164 valence electrons. The Bertz CT molecular complexity index is 996. The summed E-state index contributed by atoms with van der Waals surface area (Å²) in [6.07, 6.45) is -0.696. The highest BCUT2D eigenvalue weighted by atomic mass is 19.1. The molecule has 31 heavy (non-hydrogen) atoms. The summed E-state index contributed by atoms with van der Waals surface area (Å²) >= 11 is 0. The summed E-state index contributed by atoms with van der Waals surface area (Å²) < 4.78 is 32.2. The molecule has 2 aromatic carbocycles. The summed E-state index contributed by atoms with van der Waals surface area (Å²) in [5, 5.41) is 5.28. The van der Waals surface area contributed by atoms with Gasteiger partial charge in [0, 0.05) is 30.4 Å². The molecule has 0 aliphatic carbocycles. The molecule has 1 aliphatic heterocycles. The Morgan fingerprint density at radius 1 is 1.13 bits per heavy atom. The highest BCUT2D eigenvalue weighted by Crippen LogP contribution is 2.29. The van der Waals surface area contributed by atoms with Crippen molar-refractivity contribution in [2.45, 2.75) is 20.3 Å². The van der Waals surface area contributed by atoms with E-state index in [4.69, 9.17) is 4.74 Å². The molecule has 0 aromatic heterocycles. The second-order valence-corrected chi connectivity index (χ2v) is 7.69. The number of anilines is 3. The molecule has 7 nitrogen and oxygen atoms in total. The van der Waals surface area contributed by atoms with E-state index >= 15 is 0 Å². The third kappa shape index (κ3) is 5.78. The van der Waals surface area contributed by atoms with Gasteiger partial charge >= 0.3 is 6.09 Å². The van der Waals surface area contributed by atoms with E-state index in [0.29, 0.717) is 17.4 Å². The first kappa shape index (κ1) is 22.2. The fourth-order valence-electron chi connectivity index (χ4n) is 3.13. The average Bonchev–Trinajstić information content (AvgIpc) is 3.08. The Morgan fingerprint density at radius 2 is 1.84 bits per heavy atom. The van der Waals surface area contributed by atoms with E-state index in [0.717, 1.165) is 11.0 Å². The van der Waals surface area contributed by atoms with Gasteiger partial charge in [0.2, 0.25) is 11.8 Å². The first-order valence-electron chi connectivity index (χ1n) is 9.83. The molecule has 1 aliphatic rings. The summed E-state index contributed by atoms with van der Waals surface area (Å²) in [7, 11) is 0. The standard InChI is InChI=1S/C22H23F2N3O4/c1-13(2)12-31-22(30)26-17-5-3-4-16(10-17)25-21(29)14-8-20(28)27(11-14)19-7-6-15(23)9-18(19)24/h3-7,9-10,13-14H,8,11-12H2,1-2H3,(H,25,29)(H,26,30). The Balaban J connectivity index is 1.61. The lowest BCUT2D eigenvalue weighted by atomic mass is 10.1. The molecule has 3 amide bonds. The van der Waals surface area contributed by atoms with Gasteiger partial charge in [-0.25, -0.2) is 13.6 Å². The van der Waals surface area contributed by atoms with Gasteiger partial charge < -0.3 is 15.0 Å². The maximum absolute atomic E-state index is 14.0. The normalized spacial score (nSPS) is 15.8. The van der Waals surface area contributed by atoms with E-state index in [-0.39, 0.29) is 31.2 Å². The fraction of sp³-hybridized carbons (Fsp3) is 0.318. The number of hydrogen-bond acceptors (Lipinski definition) is 4. The van der Waals surface area contributed by atoms with E-state index in [1.165, 1.54) is 6.07 Å². The van der Waals surface area contributed by atoms with Gasteiger partial charge in [-0.05, 0) is 36.2 Å². The van der Waals surface area contributed by atoms with Crippen LogP contribution in [0.4, 0.5) is 30.6 Å². The average molecular weight is 431 g/mol. The van der Waals surface area contributed by atoms with Crippen LogP contribution in [0, 0.1) is 23.5 Å². The zero-order valence-corrected chi connectivity index (χ0v) is 17.2. The Morgan fingerprint density at radius 3 is 2.52 bits per heavy atom. The third-order valence-corrected chi connectivity index (χ3v) is 4.62. The Kier molecular flexibility index (Phi) is 6.84. The van der Waals surface area contributed by atoms with Crippen molar-refractivity contribution in [3.63, 3.8) is 0 Å². The van der Waals surface area contributed by atoms with Crippen molar-refractivity contribution >= 4 is 35.0 Å². The molecule has 1 unspecified atom stereocenters. The molecule has 2 aromatic rings. The van der Waals surface area contributed by atoms with Gasteiger partial charge in [-0.2, -0.15) is 0 Å². The Labute approximate surface area is 178 Å². The van der Waals surface area contributed by atoms with Gasteiger partial charge in [-0.1, -0.05) is 19.9 Å².